The molecule has 2 aliphatic rings. The quantitative estimate of drug-likeness (QED) is 0.707. The van der Waals surface area contributed by atoms with Crippen LogP contribution < -0.4 is 15.2 Å². The highest BCUT2D eigenvalue weighted by atomic mass is 32.2. The second-order valence-electron chi connectivity index (χ2n) is 8.24. The molecule has 2 aromatic rings. The summed E-state index contributed by atoms with van der Waals surface area (Å²) in [4.78, 5) is 15.1. The number of primary sulfonamides is 1. The van der Waals surface area contributed by atoms with Crippen LogP contribution in [0.5, 0.6) is 5.75 Å². The summed E-state index contributed by atoms with van der Waals surface area (Å²) in [5.74, 6) is -0.226. The van der Waals surface area contributed by atoms with Crippen molar-refractivity contribution in [2.45, 2.75) is 49.8 Å². The number of halogens is 1. The molecule has 0 bridgehead atoms. The molecule has 0 saturated carbocycles. The van der Waals surface area contributed by atoms with Crippen molar-refractivity contribution in [1.29, 1.82) is 0 Å². The van der Waals surface area contributed by atoms with Gasteiger partial charge in [0.1, 0.15) is 17.7 Å². The van der Waals surface area contributed by atoms with E-state index < -0.39 is 10.0 Å². The lowest BCUT2D eigenvalue weighted by Gasteiger charge is -2.25. The zero-order valence-electron chi connectivity index (χ0n) is 17.3. The zero-order chi connectivity index (χ0) is 22.2. The van der Waals surface area contributed by atoms with Gasteiger partial charge in [-0.1, -0.05) is 12.1 Å². The van der Waals surface area contributed by atoms with Gasteiger partial charge < -0.3 is 10.1 Å². The molecule has 7 nitrogen and oxygen atoms in total. The maximum Gasteiger partial charge on any atom is 0.255 e. The summed E-state index contributed by atoms with van der Waals surface area (Å²) in [5.41, 5.74) is 1.87. The van der Waals surface area contributed by atoms with E-state index in [0.29, 0.717) is 30.8 Å². The van der Waals surface area contributed by atoms with Crippen molar-refractivity contribution in [2.24, 2.45) is 5.14 Å². The Morgan fingerprint density at radius 1 is 1.29 bits per heavy atom. The van der Waals surface area contributed by atoms with Gasteiger partial charge in [0.25, 0.3) is 5.91 Å². The third kappa shape index (κ3) is 4.89. The molecule has 4 rings (SSSR count). The Kier molecular flexibility index (Phi) is 6.00. The Labute approximate surface area is 181 Å². The summed E-state index contributed by atoms with van der Waals surface area (Å²) in [6.07, 6.45) is 2.33. The molecule has 2 aliphatic heterocycles. The van der Waals surface area contributed by atoms with Crippen molar-refractivity contribution in [3.05, 3.63) is 58.9 Å². The van der Waals surface area contributed by atoms with Gasteiger partial charge in [0.05, 0.1) is 10.5 Å². The summed E-state index contributed by atoms with van der Waals surface area (Å²) in [6.45, 7) is 3.86. The van der Waals surface area contributed by atoms with Gasteiger partial charge in [0, 0.05) is 25.6 Å². The summed E-state index contributed by atoms with van der Waals surface area (Å²) in [7, 11) is -3.95. The lowest BCUT2D eigenvalue weighted by Crippen LogP contribution is -2.40. The second kappa shape index (κ2) is 8.57. The van der Waals surface area contributed by atoms with Crippen molar-refractivity contribution in [1.82, 2.24) is 10.2 Å². The Balaban J connectivity index is 1.47. The van der Waals surface area contributed by atoms with E-state index in [1.54, 1.807) is 12.1 Å². The Hall–Kier alpha value is -2.49. The molecule has 2 heterocycles. The molecule has 1 fully saturated rings. The molecule has 166 valence electrons. The molecular formula is C22H26FN3O4S. The first-order valence-electron chi connectivity index (χ1n) is 10.3. The fourth-order valence-corrected chi connectivity index (χ4v) is 4.89. The number of amides is 1. The summed E-state index contributed by atoms with van der Waals surface area (Å²) < 4.78 is 42.7. The van der Waals surface area contributed by atoms with Gasteiger partial charge in [-0.15, -0.1) is 0 Å². The Morgan fingerprint density at radius 2 is 2.03 bits per heavy atom. The number of hydrogen-bond donors (Lipinski definition) is 2. The van der Waals surface area contributed by atoms with Crippen molar-refractivity contribution in [2.75, 3.05) is 13.1 Å². The van der Waals surface area contributed by atoms with E-state index >= 15 is 0 Å². The van der Waals surface area contributed by atoms with Crippen LogP contribution in [0.1, 0.15) is 41.3 Å². The first-order chi connectivity index (χ1) is 14.7. The number of carbonyl (C=O) groups is 1. The first-order valence-corrected chi connectivity index (χ1v) is 11.9. The predicted molar refractivity (Wildman–Crippen MR) is 114 cm³/mol. The normalized spacial score (nSPS) is 21.0. The molecule has 0 radical (unpaired) electrons. The van der Waals surface area contributed by atoms with Gasteiger partial charge in [-0.25, -0.2) is 17.9 Å². The molecule has 2 unspecified atom stereocenters. The van der Waals surface area contributed by atoms with Crippen molar-refractivity contribution in [3.8, 4) is 5.75 Å². The highest BCUT2D eigenvalue weighted by Gasteiger charge is 2.30. The number of nitrogens with two attached hydrogens (primary N) is 1. The average Bonchev–Trinajstić information content (AvgIpc) is 3.31. The molecule has 3 N–H and O–H groups in total. The third-order valence-electron chi connectivity index (χ3n) is 5.84. The highest BCUT2D eigenvalue weighted by molar-refractivity contribution is 7.89. The van der Waals surface area contributed by atoms with Gasteiger partial charge in [0.2, 0.25) is 10.0 Å². The van der Waals surface area contributed by atoms with Gasteiger partial charge in [-0.05, 0) is 61.7 Å². The molecule has 9 heteroatoms. The highest BCUT2D eigenvalue weighted by Crippen LogP contribution is 2.35. The molecule has 2 atom stereocenters. The fourth-order valence-electron chi connectivity index (χ4n) is 4.30. The lowest BCUT2D eigenvalue weighted by molar-refractivity contribution is 0.0935. The standard InChI is InChI=1S/C22H26FN3O4S/c1-14-9-16-10-19(31(24,28)29)11-20(21(16)30-14)22(27)25-12-18-3-2-8-26(18)13-15-4-6-17(23)7-5-15/h4-7,10-11,14,18H,2-3,8-9,12-13H2,1H3,(H,25,27)(H2,24,28,29). The molecule has 1 saturated heterocycles. The number of carbonyl (C=O) groups excluding carboxylic acids is 1. The summed E-state index contributed by atoms with van der Waals surface area (Å²) >= 11 is 0. The predicted octanol–water partition coefficient (Wildman–Crippen LogP) is 2.19. The van der Waals surface area contributed by atoms with E-state index in [0.717, 1.165) is 24.9 Å². The summed E-state index contributed by atoms with van der Waals surface area (Å²) in [5, 5.41) is 8.23. The average molecular weight is 448 g/mol. The number of ether oxygens (including phenoxy) is 1. The number of sulfonamides is 1. The number of nitrogens with one attached hydrogen (secondary N) is 1. The van der Waals surface area contributed by atoms with Crippen molar-refractivity contribution < 1.29 is 22.3 Å². The van der Waals surface area contributed by atoms with Crippen LogP contribution in [0.4, 0.5) is 4.39 Å². The van der Waals surface area contributed by atoms with Crippen LogP contribution in [0.2, 0.25) is 0 Å². The minimum atomic E-state index is -3.95. The van der Waals surface area contributed by atoms with E-state index in [2.05, 4.69) is 10.2 Å². The topological polar surface area (TPSA) is 102 Å². The monoisotopic (exact) mass is 447 g/mol. The molecule has 1 amide bonds. The van der Waals surface area contributed by atoms with Crippen LogP contribution in [-0.4, -0.2) is 44.5 Å². The fraction of sp³-hybridized carbons (Fsp3) is 0.409. The summed E-state index contributed by atoms with van der Waals surface area (Å²) in [6, 6.07) is 9.33. The SMILES string of the molecule is CC1Cc2cc(S(N)(=O)=O)cc(C(=O)NCC3CCCN3Cc3ccc(F)cc3)c2O1. The lowest BCUT2D eigenvalue weighted by atomic mass is 10.1. The molecule has 0 aliphatic carbocycles. The third-order valence-corrected chi connectivity index (χ3v) is 6.73. The number of nitrogens with zero attached hydrogens (tertiary/aromatic N) is 1. The van der Waals surface area contributed by atoms with Gasteiger partial charge in [-0.2, -0.15) is 0 Å². The maximum absolute atomic E-state index is 13.2. The zero-order valence-corrected chi connectivity index (χ0v) is 18.1. The van der Waals surface area contributed by atoms with Crippen LogP contribution in [0.3, 0.4) is 0 Å². The molecule has 31 heavy (non-hydrogen) atoms. The molecular weight excluding hydrogens is 421 g/mol. The number of benzene rings is 2. The number of likely N-dealkylation sites (tertiary alicyclic amines) is 1. The van der Waals surface area contributed by atoms with Gasteiger partial charge >= 0.3 is 0 Å². The minimum Gasteiger partial charge on any atom is -0.489 e. The Bertz CT molecular complexity index is 1090. The number of hydrogen-bond acceptors (Lipinski definition) is 5. The van der Waals surface area contributed by atoms with Crippen LogP contribution >= 0.6 is 0 Å². The van der Waals surface area contributed by atoms with Crippen molar-refractivity contribution in [3.63, 3.8) is 0 Å². The Morgan fingerprint density at radius 3 is 2.74 bits per heavy atom. The van der Waals surface area contributed by atoms with E-state index in [1.807, 2.05) is 6.92 Å². The van der Waals surface area contributed by atoms with E-state index in [9.17, 15) is 17.6 Å². The van der Waals surface area contributed by atoms with Gasteiger partial charge in [0.15, 0.2) is 0 Å². The first kappa shape index (κ1) is 21.7. The van der Waals surface area contributed by atoms with E-state index in [4.69, 9.17) is 9.88 Å². The van der Waals surface area contributed by atoms with Crippen LogP contribution in [-0.2, 0) is 23.0 Å². The van der Waals surface area contributed by atoms with Gasteiger partial charge in [-0.3, -0.25) is 9.69 Å². The van der Waals surface area contributed by atoms with E-state index in [1.165, 1.54) is 24.3 Å². The molecule has 0 spiro atoms. The number of rotatable bonds is 6. The molecule has 0 aromatic heterocycles. The smallest absolute Gasteiger partial charge is 0.255 e. The number of fused-ring (bicyclic) bond motifs is 1. The van der Waals surface area contributed by atoms with E-state index in [-0.39, 0.29) is 34.3 Å². The van der Waals surface area contributed by atoms with Crippen LogP contribution in [0.15, 0.2) is 41.3 Å². The minimum absolute atomic E-state index is 0.0899. The molecule has 2 aromatic carbocycles. The van der Waals surface area contributed by atoms with Crippen LogP contribution in [0.25, 0.3) is 0 Å². The second-order valence-corrected chi connectivity index (χ2v) is 9.80. The van der Waals surface area contributed by atoms with Crippen LogP contribution in [0, 0.1) is 5.82 Å². The maximum atomic E-state index is 13.2. The van der Waals surface area contributed by atoms with Crippen molar-refractivity contribution >= 4 is 15.9 Å². The largest absolute Gasteiger partial charge is 0.489 e.